The molecule has 1 saturated heterocycles. The van der Waals surface area contributed by atoms with Crippen LogP contribution in [-0.4, -0.2) is 69.2 Å². The van der Waals surface area contributed by atoms with Crippen molar-refractivity contribution in [3.63, 3.8) is 0 Å². The molecule has 0 aliphatic carbocycles. The van der Waals surface area contributed by atoms with Gasteiger partial charge in [-0.3, -0.25) is 9.69 Å². The SMILES string of the molecule is COc1cc2ncnc(Nc3cc(F)c(Oc4ccn5ncnc5c4)cc3OC)c2cc1NC(=O)/C(F)=C\[C@H]1CCCN1C. The molecular formula is C30H28F2N8O4. The minimum absolute atomic E-state index is 0.0718. The third kappa shape index (κ3) is 5.79. The number of methoxy groups -OCH3 is 2. The summed E-state index contributed by atoms with van der Waals surface area (Å²) in [5.74, 6) is -1.36. The van der Waals surface area contributed by atoms with E-state index in [0.717, 1.165) is 19.4 Å². The number of carbonyl (C=O) groups is 1. The van der Waals surface area contributed by atoms with E-state index in [9.17, 15) is 9.18 Å². The van der Waals surface area contributed by atoms with Crippen LogP contribution in [0, 0.1) is 5.82 Å². The maximum Gasteiger partial charge on any atom is 0.284 e. The summed E-state index contributed by atoms with van der Waals surface area (Å²) in [6, 6.07) is 8.87. The van der Waals surface area contributed by atoms with Crippen molar-refractivity contribution in [1.82, 2.24) is 29.5 Å². The second kappa shape index (κ2) is 12.1. The van der Waals surface area contributed by atoms with E-state index in [4.69, 9.17) is 14.2 Å². The number of amides is 1. The molecule has 6 rings (SSSR count). The van der Waals surface area contributed by atoms with Gasteiger partial charge >= 0.3 is 0 Å². The number of halogens is 2. The lowest BCUT2D eigenvalue weighted by molar-refractivity contribution is -0.114. The van der Waals surface area contributed by atoms with Crippen molar-refractivity contribution in [1.29, 1.82) is 0 Å². The van der Waals surface area contributed by atoms with Crippen LogP contribution in [0.1, 0.15) is 12.8 Å². The maximum atomic E-state index is 15.3. The van der Waals surface area contributed by atoms with E-state index in [1.807, 2.05) is 11.9 Å². The average molecular weight is 603 g/mol. The van der Waals surface area contributed by atoms with E-state index < -0.39 is 17.6 Å². The summed E-state index contributed by atoms with van der Waals surface area (Å²) in [4.78, 5) is 27.5. The largest absolute Gasteiger partial charge is 0.494 e. The molecule has 4 heterocycles. The molecule has 12 nitrogen and oxygen atoms in total. The molecule has 1 atom stereocenters. The molecule has 2 N–H and O–H groups in total. The minimum atomic E-state index is -0.906. The highest BCUT2D eigenvalue weighted by Crippen LogP contribution is 2.38. The van der Waals surface area contributed by atoms with Gasteiger partial charge in [-0.15, -0.1) is 0 Å². The van der Waals surface area contributed by atoms with Crippen molar-refractivity contribution >= 4 is 39.6 Å². The topological polar surface area (TPSA) is 128 Å². The van der Waals surface area contributed by atoms with Crippen LogP contribution in [0.5, 0.6) is 23.0 Å². The molecule has 1 amide bonds. The zero-order valence-electron chi connectivity index (χ0n) is 24.0. The van der Waals surface area contributed by atoms with Crippen molar-refractivity contribution < 1.29 is 27.8 Å². The number of hydrogen-bond acceptors (Lipinski definition) is 10. The molecule has 0 bridgehead atoms. The molecule has 0 unspecified atom stereocenters. The Bertz CT molecular complexity index is 1900. The van der Waals surface area contributed by atoms with Crippen LogP contribution in [0.2, 0.25) is 0 Å². The molecule has 1 fully saturated rings. The Morgan fingerprint density at radius 2 is 1.84 bits per heavy atom. The van der Waals surface area contributed by atoms with Crippen LogP contribution in [0.3, 0.4) is 0 Å². The Labute approximate surface area is 250 Å². The summed E-state index contributed by atoms with van der Waals surface area (Å²) in [6.07, 6.45) is 7.41. The molecule has 5 aromatic rings. The molecule has 2 aromatic carbocycles. The van der Waals surface area contributed by atoms with Gasteiger partial charge < -0.3 is 24.8 Å². The number of nitrogens with one attached hydrogen (secondary N) is 2. The standard InChI is InChI=1S/C30H28F2N8O4/c1-39-7-4-5-17(39)9-21(32)30(41)38-23-11-19-22(13-26(23)42-2)33-15-35-29(19)37-24-12-20(31)25(14-27(24)43-3)44-18-6-8-40-28(10-18)34-16-36-40/h6,8-17H,4-5,7H2,1-3H3,(H,38,41)(H,33,35,37)/b21-9+/t17-/m1/s1. The van der Waals surface area contributed by atoms with Crippen LogP contribution in [0.4, 0.5) is 26.0 Å². The number of benzene rings is 2. The van der Waals surface area contributed by atoms with Crippen LogP contribution in [0.25, 0.3) is 16.6 Å². The minimum Gasteiger partial charge on any atom is -0.494 e. The third-order valence-corrected chi connectivity index (χ3v) is 7.32. The van der Waals surface area contributed by atoms with Gasteiger partial charge in [-0.05, 0) is 44.6 Å². The molecule has 0 saturated carbocycles. The molecule has 226 valence electrons. The van der Waals surface area contributed by atoms with Gasteiger partial charge in [-0.1, -0.05) is 0 Å². The fraction of sp³-hybridized carbons (Fsp3) is 0.233. The lowest BCUT2D eigenvalue weighted by atomic mass is 10.1. The molecule has 1 aliphatic rings. The van der Waals surface area contributed by atoms with E-state index in [2.05, 4.69) is 30.7 Å². The van der Waals surface area contributed by atoms with E-state index in [-0.39, 0.29) is 40.5 Å². The Kier molecular flexibility index (Phi) is 7.89. The zero-order valence-corrected chi connectivity index (χ0v) is 24.0. The highest BCUT2D eigenvalue weighted by atomic mass is 19.1. The highest BCUT2D eigenvalue weighted by Gasteiger charge is 2.23. The molecular weight excluding hydrogens is 574 g/mol. The van der Waals surface area contributed by atoms with Crippen LogP contribution >= 0.6 is 0 Å². The Morgan fingerprint density at radius 3 is 2.61 bits per heavy atom. The first kappa shape index (κ1) is 28.7. The molecule has 44 heavy (non-hydrogen) atoms. The van der Waals surface area contributed by atoms with Gasteiger partial charge in [0.25, 0.3) is 5.91 Å². The second-order valence-electron chi connectivity index (χ2n) is 10.1. The normalized spacial score (nSPS) is 15.5. The summed E-state index contributed by atoms with van der Waals surface area (Å²) in [6.45, 7) is 0.842. The molecule has 0 radical (unpaired) electrons. The first-order valence-corrected chi connectivity index (χ1v) is 13.7. The number of hydrogen-bond donors (Lipinski definition) is 2. The first-order valence-electron chi connectivity index (χ1n) is 13.7. The van der Waals surface area contributed by atoms with Gasteiger partial charge in [-0.25, -0.2) is 28.2 Å². The fourth-order valence-electron chi connectivity index (χ4n) is 5.02. The van der Waals surface area contributed by atoms with Gasteiger partial charge in [0.15, 0.2) is 23.0 Å². The van der Waals surface area contributed by atoms with Gasteiger partial charge in [0.05, 0.1) is 31.1 Å². The highest BCUT2D eigenvalue weighted by molar-refractivity contribution is 6.05. The number of carbonyl (C=O) groups excluding carboxylic acids is 1. The van der Waals surface area contributed by atoms with Crippen LogP contribution < -0.4 is 24.8 Å². The van der Waals surface area contributed by atoms with Crippen molar-refractivity contribution in [3.8, 4) is 23.0 Å². The number of pyridine rings is 1. The Balaban J connectivity index is 1.28. The average Bonchev–Trinajstić information content (AvgIpc) is 3.66. The molecule has 3 aromatic heterocycles. The maximum absolute atomic E-state index is 15.3. The second-order valence-corrected chi connectivity index (χ2v) is 10.1. The van der Waals surface area contributed by atoms with Gasteiger partial charge in [-0.2, -0.15) is 5.10 Å². The lowest BCUT2D eigenvalue weighted by Crippen LogP contribution is -2.24. The van der Waals surface area contributed by atoms with E-state index in [1.165, 1.54) is 45.1 Å². The number of anilines is 3. The summed E-state index contributed by atoms with van der Waals surface area (Å²) in [5, 5.41) is 10.1. The number of likely N-dealkylation sites (tertiary alicyclic amines) is 1. The number of ether oxygens (including phenoxy) is 3. The third-order valence-electron chi connectivity index (χ3n) is 7.32. The van der Waals surface area contributed by atoms with E-state index in [0.29, 0.717) is 22.3 Å². The number of likely N-dealkylation sites (N-methyl/N-ethyl adjacent to an activating group) is 1. The molecule has 14 heteroatoms. The summed E-state index contributed by atoms with van der Waals surface area (Å²) < 4.78 is 48.4. The monoisotopic (exact) mass is 602 g/mol. The molecule has 1 aliphatic heterocycles. The quantitative estimate of drug-likeness (QED) is 0.216. The summed E-state index contributed by atoms with van der Waals surface area (Å²) in [5.41, 5.74) is 1.46. The van der Waals surface area contributed by atoms with E-state index in [1.54, 1.807) is 35.0 Å². The van der Waals surface area contributed by atoms with Gasteiger partial charge in [0.1, 0.15) is 35.7 Å². The predicted molar refractivity (Wildman–Crippen MR) is 159 cm³/mol. The smallest absolute Gasteiger partial charge is 0.284 e. The fourth-order valence-corrected chi connectivity index (χ4v) is 5.02. The van der Waals surface area contributed by atoms with Crippen molar-refractivity contribution in [2.75, 3.05) is 38.4 Å². The summed E-state index contributed by atoms with van der Waals surface area (Å²) >= 11 is 0. The Morgan fingerprint density at radius 1 is 1.02 bits per heavy atom. The van der Waals surface area contributed by atoms with Crippen molar-refractivity contribution in [2.45, 2.75) is 18.9 Å². The number of aromatic nitrogens is 5. The zero-order chi connectivity index (χ0) is 30.8. The lowest BCUT2D eigenvalue weighted by Gasteiger charge is -2.17. The van der Waals surface area contributed by atoms with Crippen molar-refractivity contribution in [2.24, 2.45) is 0 Å². The van der Waals surface area contributed by atoms with Gasteiger partial charge in [0, 0.05) is 41.9 Å². The number of fused-ring (bicyclic) bond motifs is 2. The first-order chi connectivity index (χ1) is 21.3. The van der Waals surface area contributed by atoms with Gasteiger partial charge in [0.2, 0.25) is 0 Å². The van der Waals surface area contributed by atoms with Crippen LogP contribution in [-0.2, 0) is 4.79 Å². The van der Waals surface area contributed by atoms with Crippen LogP contribution in [0.15, 0.2) is 67.2 Å². The molecule has 0 spiro atoms. The van der Waals surface area contributed by atoms with E-state index >= 15 is 4.39 Å². The number of rotatable bonds is 9. The predicted octanol–water partition coefficient (Wildman–Crippen LogP) is 5.25. The summed E-state index contributed by atoms with van der Waals surface area (Å²) in [7, 11) is 4.76. The van der Waals surface area contributed by atoms with Crippen molar-refractivity contribution in [3.05, 3.63) is 73.0 Å². The Hall–Kier alpha value is -5.37. The number of nitrogens with zero attached hydrogens (tertiary/aromatic N) is 6.